The second kappa shape index (κ2) is 7.75. The molecule has 3 aliphatic heterocycles. The number of amides is 1. The quantitative estimate of drug-likeness (QED) is 0.190. The average molecular weight is 410 g/mol. The first-order chi connectivity index (χ1) is 13.8. The number of ketones is 2. The molecular formula is C18H26N4O7. The summed E-state index contributed by atoms with van der Waals surface area (Å²) in [5, 5.41) is 23.6. The number of hydrogen-bond donors (Lipinski definition) is 5. The highest BCUT2D eigenvalue weighted by molar-refractivity contribution is 6.25. The molecule has 0 aromatic carbocycles. The summed E-state index contributed by atoms with van der Waals surface area (Å²) < 4.78 is 10.8. The van der Waals surface area contributed by atoms with Gasteiger partial charge in [0, 0.05) is 44.5 Å². The second-order valence-electron chi connectivity index (χ2n) is 7.23. The molecule has 2 saturated heterocycles. The summed E-state index contributed by atoms with van der Waals surface area (Å²) in [6.45, 7) is 2.87. The molecule has 11 heteroatoms. The summed E-state index contributed by atoms with van der Waals surface area (Å²) in [5.74, 6) is -0.959. The van der Waals surface area contributed by atoms with Gasteiger partial charge in [-0.15, -0.1) is 0 Å². The summed E-state index contributed by atoms with van der Waals surface area (Å²) in [7, 11) is 3.15. The number of ether oxygens (including phenoxy) is 2. The summed E-state index contributed by atoms with van der Waals surface area (Å²) in [6.07, 6.45) is -1.33. The largest absolute Gasteiger partial charge is 0.465 e. The normalized spacial score (nSPS) is 31.9. The maximum Gasteiger partial charge on any atom is 0.402 e. The van der Waals surface area contributed by atoms with Crippen LogP contribution in [0.2, 0.25) is 0 Å². The minimum atomic E-state index is -1.33. The zero-order chi connectivity index (χ0) is 21.5. The maximum absolute atomic E-state index is 13.2. The van der Waals surface area contributed by atoms with Gasteiger partial charge in [-0.3, -0.25) is 9.59 Å². The van der Waals surface area contributed by atoms with Gasteiger partial charge >= 0.3 is 6.09 Å². The standard InChI is InChI=1S/C17H23N3O5.CH3NO2/c1-8-12(18-4-5-24-2)15(23)11-9(7-21)17(25-3)16-10(19-16)6-20(17)13(11)14(8)22;2-1(3)4/h9-10,16,18-19,21H,4-7H2,1-3H3;2H2,(H,3,4). The third-order valence-electron chi connectivity index (χ3n) is 5.83. The fourth-order valence-electron chi connectivity index (χ4n) is 4.64. The Morgan fingerprint density at radius 2 is 2.03 bits per heavy atom. The van der Waals surface area contributed by atoms with Crippen LogP contribution in [0, 0.1) is 5.92 Å². The molecule has 0 radical (unpaired) electrons. The minimum Gasteiger partial charge on any atom is -0.465 e. The molecule has 160 valence electrons. The fourth-order valence-corrected chi connectivity index (χ4v) is 4.64. The van der Waals surface area contributed by atoms with Crippen LogP contribution in [0.5, 0.6) is 0 Å². The van der Waals surface area contributed by atoms with E-state index in [1.54, 1.807) is 21.1 Å². The minimum absolute atomic E-state index is 0.0195. The van der Waals surface area contributed by atoms with E-state index in [1.165, 1.54) is 0 Å². The number of nitrogens with two attached hydrogens (primary N) is 1. The maximum atomic E-state index is 13.2. The van der Waals surface area contributed by atoms with Crippen LogP contribution >= 0.6 is 0 Å². The summed E-state index contributed by atoms with van der Waals surface area (Å²) >= 11 is 0. The highest BCUT2D eigenvalue weighted by Crippen LogP contribution is 2.55. The van der Waals surface area contributed by atoms with Crippen molar-refractivity contribution in [2.45, 2.75) is 24.7 Å². The number of rotatable bonds is 6. The van der Waals surface area contributed by atoms with Crippen LogP contribution < -0.4 is 16.4 Å². The fraction of sp³-hybridized carbons (Fsp3) is 0.611. The lowest BCUT2D eigenvalue weighted by molar-refractivity contribution is -0.137. The molecule has 0 aromatic rings. The number of carboxylic acid groups (broad SMARTS) is 1. The molecule has 4 unspecified atom stereocenters. The van der Waals surface area contributed by atoms with E-state index in [9.17, 15) is 14.7 Å². The Labute approximate surface area is 167 Å². The Balaban J connectivity index is 0.000000552. The van der Waals surface area contributed by atoms with Crippen LogP contribution in [0.3, 0.4) is 0 Å². The smallest absolute Gasteiger partial charge is 0.402 e. The summed E-state index contributed by atoms with van der Waals surface area (Å²) in [4.78, 5) is 36.9. The van der Waals surface area contributed by atoms with Crippen molar-refractivity contribution in [3.05, 3.63) is 22.5 Å². The third kappa shape index (κ3) is 3.10. The number of primary amides is 1. The van der Waals surface area contributed by atoms with E-state index in [1.807, 2.05) is 4.90 Å². The molecule has 0 spiro atoms. The van der Waals surface area contributed by atoms with Gasteiger partial charge in [0.2, 0.25) is 11.6 Å². The Bertz CT molecular complexity index is 804. The number of aliphatic hydroxyl groups excluding tert-OH is 1. The topological polar surface area (TPSA) is 173 Å². The summed E-state index contributed by atoms with van der Waals surface area (Å²) in [5.41, 5.74) is 4.63. The van der Waals surface area contributed by atoms with Crippen molar-refractivity contribution in [2.75, 3.05) is 40.5 Å². The molecular weight excluding hydrogens is 384 g/mol. The Morgan fingerprint density at radius 1 is 1.38 bits per heavy atom. The number of allylic oxidation sites excluding steroid dienone is 2. The van der Waals surface area contributed by atoms with Gasteiger partial charge in [-0.05, 0) is 6.92 Å². The van der Waals surface area contributed by atoms with E-state index < -0.39 is 17.7 Å². The van der Waals surface area contributed by atoms with Crippen molar-refractivity contribution in [2.24, 2.45) is 11.7 Å². The number of hydrogen-bond acceptors (Lipinski definition) is 9. The van der Waals surface area contributed by atoms with Crippen molar-refractivity contribution in [1.29, 1.82) is 0 Å². The summed E-state index contributed by atoms with van der Waals surface area (Å²) in [6, 6.07) is 0.252. The van der Waals surface area contributed by atoms with Crippen molar-refractivity contribution in [3.63, 3.8) is 0 Å². The predicted octanol–water partition coefficient (Wildman–Crippen LogP) is -1.85. The highest BCUT2D eigenvalue weighted by atomic mass is 16.5. The van der Waals surface area contributed by atoms with Gasteiger partial charge in [0.05, 0.1) is 36.6 Å². The lowest BCUT2D eigenvalue weighted by atomic mass is 9.82. The van der Waals surface area contributed by atoms with Crippen LogP contribution in [0.1, 0.15) is 6.92 Å². The van der Waals surface area contributed by atoms with E-state index in [4.69, 9.17) is 19.4 Å². The van der Waals surface area contributed by atoms with Crippen LogP contribution in [0.4, 0.5) is 4.79 Å². The lowest BCUT2D eigenvalue weighted by Gasteiger charge is -2.39. The number of aliphatic hydroxyl groups is 1. The molecule has 0 aromatic heterocycles. The Hall–Kier alpha value is -2.47. The lowest BCUT2D eigenvalue weighted by Crippen LogP contribution is -2.54. The number of carbonyl (C=O) groups excluding carboxylic acids is 2. The number of methoxy groups -OCH3 is 2. The van der Waals surface area contributed by atoms with E-state index in [2.05, 4.69) is 16.4 Å². The molecule has 0 saturated carbocycles. The first-order valence-electron chi connectivity index (χ1n) is 9.21. The van der Waals surface area contributed by atoms with Crippen LogP contribution in [-0.4, -0.2) is 91.1 Å². The Morgan fingerprint density at radius 3 is 2.59 bits per heavy atom. The molecule has 3 heterocycles. The molecule has 4 rings (SSSR count). The van der Waals surface area contributed by atoms with Crippen molar-refractivity contribution in [1.82, 2.24) is 15.5 Å². The van der Waals surface area contributed by atoms with Gasteiger partial charge in [-0.25, -0.2) is 4.79 Å². The second-order valence-corrected chi connectivity index (χ2v) is 7.23. The molecule has 1 amide bonds. The first kappa shape index (κ1) is 21.2. The number of Topliss-reactive ketones (excluding diaryl/α,β-unsaturated/α-hetero) is 2. The van der Waals surface area contributed by atoms with Gasteiger partial charge in [0.15, 0.2) is 5.72 Å². The monoisotopic (exact) mass is 410 g/mol. The number of nitrogens with one attached hydrogen (secondary N) is 2. The van der Waals surface area contributed by atoms with E-state index >= 15 is 0 Å². The van der Waals surface area contributed by atoms with Crippen LogP contribution in [0.25, 0.3) is 0 Å². The van der Waals surface area contributed by atoms with Gasteiger partial charge in [0.1, 0.15) is 0 Å². The molecule has 0 bridgehead atoms. The average Bonchev–Trinajstić information content (AvgIpc) is 3.28. The number of carbonyl (C=O) groups is 3. The molecule has 11 nitrogen and oxygen atoms in total. The van der Waals surface area contributed by atoms with Gasteiger partial charge in [-0.1, -0.05) is 0 Å². The van der Waals surface area contributed by atoms with Crippen molar-refractivity contribution in [3.8, 4) is 0 Å². The van der Waals surface area contributed by atoms with Crippen molar-refractivity contribution < 1.29 is 34.1 Å². The zero-order valence-electron chi connectivity index (χ0n) is 16.5. The van der Waals surface area contributed by atoms with E-state index in [0.29, 0.717) is 42.2 Å². The molecule has 1 aliphatic carbocycles. The van der Waals surface area contributed by atoms with Crippen LogP contribution in [0.15, 0.2) is 22.5 Å². The third-order valence-corrected chi connectivity index (χ3v) is 5.83. The number of fused-ring (bicyclic) bond motifs is 4. The Kier molecular flexibility index (Phi) is 5.68. The number of piperazine rings is 1. The molecule has 4 atom stereocenters. The van der Waals surface area contributed by atoms with Gasteiger partial charge in [0.25, 0.3) is 0 Å². The highest BCUT2D eigenvalue weighted by Gasteiger charge is 2.72. The van der Waals surface area contributed by atoms with E-state index in [-0.39, 0.29) is 30.3 Å². The van der Waals surface area contributed by atoms with Gasteiger partial charge < -0.3 is 41.0 Å². The molecule has 4 aliphatic rings. The number of nitrogens with zero attached hydrogens (tertiary/aromatic N) is 1. The molecule has 2 fully saturated rings. The van der Waals surface area contributed by atoms with E-state index in [0.717, 1.165) is 0 Å². The van der Waals surface area contributed by atoms with Crippen LogP contribution in [-0.2, 0) is 19.1 Å². The first-order valence-corrected chi connectivity index (χ1v) is 9.21. The SMILES string of the molecule is COCCNC1=C(C)C(=O)C2=C(C1=O)C(CO)C1(OC)C3NC3CN21.NC(=O)O. The van der Waals surface area contributed by atoms with Crippen molar-refractivity contribution >= 4 is 17.7 Å². The molecule has 6 N–H and O–H groups in total. The zero-order valence-corrected chi connectivity index (χ0v) is 16.5. The van der Waals surface area contributed by atoms with Gasteiger partial charge in [-0.2, -0.15) is 0 Å². The molecule has 29 heavy (non-hydrogen) atoms. The predicted molar refractivity (Wildman–Crippen MR) is 99.6 cm³/mol.